The van der Waals surface area contributed by atoms with Gasteiger partial charge in [0.05, 0.1) is 24.2 Å². The Balaban J connectivity index is 1.81. The number of benzene rings is 2. The number of carbonyl (C=O) groups excluding carboxylic acids is 1. The molecule has 0 aromatic heterocycles. The van der Waals surface area contributed by atoms with Gasteiger partial charge in [-0.15, -0.1) is 0 Å². The Morgan fingerprint density at radius 3 is 2.58 bits per heavy atom. The van der Waals surface area contributed by atoms with Crippen LogP contribution in [0.15, 0.2) is 36.4 Å². The molecule has 2 aromatic rings. The van der Waals surface area contributed by atoms with Crippen LogP contribution in [0.25, 0.3) is 0 Å². The van der Waals surface area contributed by atoms with Crippen molar-refractivity contribution in [1.82, 2.24) is 0 Å². The molecule has 7 nitrogen and oxygen atoms in total. The van der Waals surface area contributed by atoms with E-state index in [9.17, 15) is 13.2 Å². The Morgan fingerprint density at radius 1 is 1.23 bits per heavy atom. The number of anilines is 3. The van der Waals surface area contributed by atoms with Crippen molar-refractivity contribution in [2.45, 2.75) is 13.3 Å². The Bertz CT molecular complexity index is 957. The van der Waals surface area contributed by atoms with Gasteiger partial charge in [0.15, 0.2) is 0 Å². The van der Waals surface area contributed by atoms with Crippen molar-refractivity contribution < 1.29 is 17.9 Å². The molecular weight excluding hydrogens is 354 g/mol. The smallest absolute Gasteiger partial charge is 0.255 e. The molecule has 2 aromatic carbocycles. The minimum Gasteiger partial charge on any atom is -0.495 e. The van der Waals surface area contributed by atoms with Gasteiger partial charge in [0.1, 0.15) is 5.75 Å². The molecule has 0 radical (unpaired) electrons. The van der Waals surface area contributed by atoms with Gasteiger partial charge in [0.2, 0.25) is 10.0 Å². The Kier molecular flexibility index (Phi) is 4.78. The lowest BCUT2D eigenvalue weighted by Gasteiger charge is -2.18. The van der Waals surface area contributed by atoms with Crippen molar-refractivity contribution >= 4 is 33.0 Å². The molecule has 0 spiro atoms. The van der Waals surface area contributed by atoms with E-state index in [1.807, 2.05) is 0 Å². The summed E-state index contributed by atoms with van der Waals surface area (Å²) in [5.41, 5.74) is 8.59. The van der Waals surface area contributed by atoms with Crippen LogP contribution < -0.4 is 20.1 Å². The molecule has 0 bridgehead atoms. The fraction of sp³-hybridized carbons (Fsp3) is 0.278. The van der Waals surface area contributed by atoms with Gasteiger partial charge < -0.3 is 15.8 Å². The first kappa shape index (κ1) is 18.1. The summed E-state index contributed by atoms with van der Waals surface area (Å²) in [4.78, 5) is 12.5. The number of hydrogen-bond donors (Lipinski definition) is 2. The van der Waals surface area contributed by atoms with E-state index < -0.39 is 10.0 Å². The van der Waals surface area contributed by atoms with Crippen LogP contribution in [0.1, 0.15) is 22.3 Å². The summed E-state index contributed by atoms with van der Waals surface area (Å²) in [5.74, 6) is 0.408. The van der Waals surface area contributed by atoms with Crippen molar-refractivity contribution in [3.05, 3.63) is 47.5 Å². The third kappa shape index (κ3) is 3.45. The molecule has 26 heavy (non-hydrogen) atoms. The standard InChI is InChI=1S/C18H21N3O4S/c1-12-10-14(21-8-3-9-26(21,23)24)5-6-15(12)18(22)20-13-4-7-17(25-2)16(19)11-13/h4-7,10-11H,3,8-9,19H2,1-2H3,(H,20,22). The number of amides is 1. The summed E-state index contributed by atoms with van der Waals surface area (Å²) in [6.07, 6.45) is 0.614. The lowest BCUT2D eigenvalue weighted by molar-refractivity contribution is 0.102. The summed E-state index contributed by atoms with van der Waals surface area (Å²) in [7, 11) is -1.72. The second-order valence-electron chi connectivity index (χ2n) is 6.15. The number of hydrogen-bond acceptors (Lipinski definition) is 5. The van der Waals surface area contributed by atoms with Gasteiger partial charge in [-0.1, -0.05) is 0 Å². The number of sulfonamides is 1. The van der Waals surface area contributed by atoms with Gasteiger partial charge in [-0.2, -0.15) is 0 Å². The van der Waals surface area contributed by atoms with Crippen molar-refractivity contribution in [2.24, 2.45) is 0 Å². The van der Waals surface area contributed by atoms with E-state index in [-0.39, 0.29) is 11.7 Å². The summed E-state index contributed by atoms with van der Waals surface area (Å²) in [5, 5.41) is 2.79. The zero-order chi connectivity index (χ0) is 18.9. The van der Waals surface area contributed by atoms with Gasteiger partial charge in [-0.25, -0.2) is 8.42 Å². The van der Waals surface area contributed by atoms with E-state index in [0.29, 0.717) is 46.9 Å². The minimum absolute atomic E-state index is 0.160. The predicted molar refractivity (Wildman–Crippen MR) is 102 cm³/mol. The summed E-state index contributed by atoms with van der Waals surface area (Å²) in [6, 6.07) is 10.0. The minimum atomic E-state index is -3.24. The first-order valence-corrected chi connectivity index (χ1v) is 9.78. The van der Waals surface area contributed by atoms with Crippen LogP contribution in [0, 0.1) is 6.92 Å². The highest BCUT2D eigenvalue weighted by Gasteiger charge is 2.28. The summed E-state index contributed by atoms with van der Waals surface area (Å²) in [6.45, 7) is 2.25. The largest absolute Gasteiger partial charge is 0.495 e. The molecule has 0 unspecified atom stereocenters. The van der Waals surface area contributed by atoms with E-state index in [4.69, 9.17) is 10.5 Å². The average Bonchev–Trinajstić information content (AvgIpc) is 2.94. The monoisotopic (exact) mass is 375 g/mol. The maximum Gasteiger partial charge on any atom is 0.255 e. The molecule has 1 aliphatic rings. The van der Waals surface area contributed by atoms with Crippen LogP contribution in [0.3, 0.4) is 0 Å². The zero-order valence-electron chi connectivity index (χ0n) is 14.7. The molecule has 1 fully saturated rings. The van der Waals surface area contributed by atoms with E-state index in [1.165, 1.54) is 11.4 Å². The van der Waals surface area contributed by atoms with Crippen molar-refractivity contribution in [3.63, 3.8) is 0 Å². The molecule has 1 heterocycles. The van der Waals surface area contributed by atoms with Gasteiger partial charge in [0.25, 0.3) is 5.91 Å². The van der Waals surface area contributed by atoms with Crippen LogP contribution in [0.5, 0.6) is 5.75 Å². The lowest BCUT2D eigenvalue weighted by atomic mass is 10.1. The summed E-state index contributed by atoms with van der Waals surface area (Å²) < 4.78 is 30.6. The normalized spacial score (nSPS) is 15.7. The highest BCUT2D eigenvalue weighted by atomic mass is 32.2. The van der Waals surface area contributed by atoms with E-state index in [2.05, 4.69) is 5.32 Å². The average molecular weight is 375 g/mol. The number of nitrogens with two attached hydrogens (primary N) is 1. The third-order valence-electron chi connectivity index (χ3n) is 4.33. The molecule has 3 N–H and O–H groups in total. The van der Waals surface area contributed by atoms with Gasteiger partial charge >= 0.3 is 0 Å². The van der Waals surface area contributed by atoms with Crippen molar-refractivity contribution in [2.75, 3.05) is 34.8 Å². The van der Waals surface area contributed by atoms with Crippen LogP contribution in [0.2, 0.25) is 0 Å². The van der Waals surface area contributed by atoms with Gasteiger partial charge in [0, 0.05) is 17.8 Å². The van der Waals surface area contributed by atoms with E-state index >= 15 is 0 Å². The topological polar surface area (TPSA) is 102 Å². The second kappa shape index (κ2) is 6.87. The Morgan fingerprint density at radius 2 is 2.00 bits per heavy atom. The Labute approximate surface area is 152 Å². The molecule has 0 atom stereocenters. The molecule has 0 aliphatic carbocycles. The number of ether oxygens (including phenoxy) is 1. The first-order valence-electron chi connectivity index (χ1n) is 8.18. The van der Waals surface area contributed by atoms with E-state index in [1.54, 1.807) is 43.3 Å². The fourth-order valence-electron chi connectivity index (χ4n) is 3.00. The number of aryl methyl sites for hydroxylation is 1. The fourth-order valence-corrected chi connectivity index (χ4v) is 4.55. The lowest BCUT2D eigenvalue weighted by Crippen LogP contribution is -2.25. The van der Waals surface area contributed by atoms with Crippen molar-refractivity contribution in [3.8, 4) is 5.75 Å². The van der Waals surface area contributed by atoms with Gasteiger partial charge in [-0.3, -0.25) is 9.10 Å². The molecule has 1 amide bonds. The molecule has 1 saturated heterocycles. The molecule has 1 aliphatic heterocycles. The zero-order valence-corrected chi connectivity index (χ0v) is 15.5. The second-order valence-corrected chi connectivity index (χ2v) is 8.16. The maximum absolute atomic E-state index is 12.5. The highest BCUT2D eigenvalue weighted by Crippen LogP contribution is 2.28. The number of rotatable bonds is 4. The number of nitrogens with zero attached hydrogens (tertiary/aromatic N) is 1. The van der Waals surface area contributed by atoms with Crippen LogP contribution in [0.4, 0.5) is 17.1 Å². The number of nitrogen functional groups attached to an aromatic ring is 1. The molecule has 8 heteroatoms. The van der Waals surface area contributed by atoms with E-state index in [0.717, 1.165) is 0 Å². The molecule has 3 rings (SSSR count). The van der Waals surface area contributed by atoms with Gasteiger partial charge in [-0.05, 0) is 55.3 Å². The quantitative estimate of drug-likeness (QED) is 0.799. The molecule has 138 valence electrons. The highest BCUT2D eigenvalue weighted by molar-refractivity contribution is 7.93. The number of nitrogens with one attached hydrogen (secondary N) is 1. The SMILES string of the molecule is COc1ccc(NC(=O)c2ccc(N3CCCS3(=O)=O)cc2C)cc1N. The molecular formula is C18H21N3O4S. The number of carbonyl (C=O) groups is 1. The van der Waals surface area contributed by atoms with Crippen LogP contribution in [-0.2, 0) is 10.0 Å². The Hall–Kier alpha value is -2.74. The number of methoxy groups -OCH3 is 1. The predicted octanol–water partition coefficient (Wildman–Crippen LogP) is 2.38. The molecule has 0 saturated carbocycles. The first-order chi connectivity index (χ1) is 12.3. The summed E-state index contributed by atoms with van der Waals surface area (Å²) >= 11 is 0. The third-order valence-corrected chi connectivity index (χ3v) is 6.20. The van der Waals surface area contributed by atoms with Crippen LogP contribution in [-0.4, -0.2) is 33.7 Å². The van der Waals surface area contributed by atoms with Crippen LogP contribution >= 0.6 is 0 Å². The maximum atomic E-state index is 12.5. The van der Waals surface area contributed by atoms with Crippen molar-refractivity contribution in [1.29, 1.82) is 0 Å².